The minimum absolute atomic E-state index is 0.0830. The number of hydrogen-bond donors (Lipinski definition) is 0. The molecule has 0 unspecified atom stereocenters. The number of para-hydroxylation sites is 1. The fourth-order valence-corrected chi connectivity index (χ4v) is 4.25. The number of amides is 1. The summed E-state index contributed by atoms with van der Waals surface area (Å²) in [6.45, 7) is 2.32. The second-order valence-corrected chi connectivity index (χ2v) is 8.95. The molecule has 0 bridgehead atoms. The van der Waals surface area contributed by atoms with Gasteiger partial charge >= 0.3 is 0 Å². The van der Waals surface area contributed by atoms with Gasteiger partial charge in [-0.3, -0.25) is 4.79 Å². The van der Waals surface area contributed by atoms with E-state index < -0.39 is 0 Å². The zero-order chi connectivity index (χ0) is 24.4. The summed E-state index contributed by atoms with van der Waals surface area (Å²) in [4.78, 5) is 15.4. The van der Waals surface area contributed by atoms with Gasteiger partial charge in [-0.2, -0.15) is 5.10 Å². The van der Waals surface area contributed by atoms with Crippen LogP contribution in [0.4, 0.5) is 0 Å². The van der Waals surface area contributed by atoms with Crippen molar-refractivity contribution in [2.24, 2.45) is 0 Å². The number of hydrogen-bond acceptors (Lipinski definition) is 4. The fourth-order valence-electron chi connectivity index (χ4n) is 4.04. The number of methoxy groups -OCH3 is 1. The lowest BCUT2D eigenvalue weighted by Gasteiger charge is -2.23. The molecule has 1 heterocycles. The first-order chi connectivity index (χ1) is 17.0. The minimum atomic E-state index is -0.0830. The van der Waals surface area contributed by atoms with Gasteiger partial charge in [-0.25, -0.2) is 4.68 Å². The zero-order valence-corrected chi connectivity index (χ0v) is 20.4. The van der Waals surface area contributed by atoms with Crippen LogP contribution >= 0.6 is 11.6 Å². The predicted octanol–water partition coefficient (Wildman–Crippen LogP) is 6.44. The van der Waals surface area contributed by atoms with Gasteiger partial charge in [0.15, 0.2) is 0 Å². The Balaban J connectivity index is 1.55. The van der Waals surface area contributed by atoms with Crippen molar-refractivity contribution in [3.63, 3.8) is 0 Å². The maximum Gasteiger partial charge on any atom is 0.255 e. The SMILES string of the molecule is COc1ccc(Oc2c(CN(C(=O)c3ccccc3Cl)C3CC3)c(C)nn2-c2ccccc2)cc1. The number of aromatic nitrogens is 2. The monoisotopic (exact) mass is 487 g/mol. The highest BCUT2D eigenvalue weighted by atomic mass is 35.5. The molecule has 1 aliphatic carbocycles. The molecule has 7 heteroatoms. The molecule has 5 rings (SSSR count). The van der Waals surface area contributed by atoms with E-state index in [1.807, 2.05) is 78.6 Å². The molecule has 0 saturated heterocycles. The summed E-state index contributed by atoms with van der Waals surface area (Å²) in [5, 5.41) is 5.25. The van der Waals surface area contributed by atoms with Gasteiger partial charge < -0.3 is 14.4 Å². The topological polar surface area (TPSA) is 56.6 Å². The molecule has 35 heavy (non-hydrogen) atoms. The molecular weight excluding hydrogens is 462 g/mol. The van der Waals surface area contributed by atoms with Gasteiger partial charge in [0.25, 0.3) is 5.91 Å². The molecule has 0 radical (unpaired) electrons. The molecule has 0 aliphatic heterocycles. The highest BCUT2D eigenvalue weighted by molar-refractivity contribution is 6.33. The smallest absolute Gasteiger partial charge is 0.255 e. The van der Waals surface area contributed by atoms with E-state index in [9.17, 15) is 4.79 Å². The second-order valence-electron chi connectivity index (χ2n) is 8.54. The molecule has 1 aliphatic rings. The Labute approximate surface area is 209 Å². The second kappa shape index (κ2) is 9.84. The predicted molar refractivity (Wildman–Crippen MR) is 136 cm³/mol. The van der Waals surface area contributed by atoms with E-state index in [-0.39, 0.29) is 11.9 Å². The fraction of sp³-hybridized carbons (Fsp3) is 0.214. The Kier molecular flexibility index (Phi) is 6.47. The van der Waals surface area contributed by atoms with Crippen molar-refractivity contribution in [3.05, 3.63) is 101 Å². The molecule has 4 aromatic rings. The Morgan fingerprint density at radius 1 is 1.00 bits per heavy atom. The van der Waals surface area contributed by atoms with Crippen molar-refractivity contribution in [2.45, 2.75) is 32.4 Å². The molecular formula is C28H26ClN3O3. The lowest BCUT2D eigenvalue weighted by atomic mass is 10.1. The van der Waals surface area contributed by atoms with Gasteiger partial charge in [0.1, 0.15) is 11.5 Å². The molecule has 1 saturated carbocycles. The van der Waals surface area contributed by atoms with Crippen molar-refractivity contribution in [3.8, 4) is 23.1 Å². The van der Waals surface area contributed by atoms with Crippen LogP contribution in [0.25, 0.3) is 5.69 Å². The number of carbonyl (C=O) groups is 1. The van der Waals surface area contributed by atoms with Crippen LogP contribution in [0, 0.1) is 6.92 Å². The number of ether oxygens (including phenoxy) is 2. The summed E-state index contributed by atoms with van der Waals surface area (Å²) in [6.07, 6.45) is 1.94. The van der Waals surface area contributed by atoms with E-state index in [0.29, 0.717) is 28.8 Å². The first-order valence-electron chi connectivity index (χ1n) is 11.6. The van der Waals surface area contributed by atoms with Crippen molar-refractivity contribution in [1.29, 1.82) is 0 Å². The van der Waals surface area contributed by atoms with Crippen LogP contribution in [0.3, 0.4) is 0 Å². The summed E-state index contributed by atoms with van der Waals surface area (Å²) >= 11 is 6.37. The summed E-state index contributed by atoms with van der Waals surface area (Å²) in [7, 11) is 1.63. The molecule has 6 nitrogen and oxygen atoms in total. The first kappa shape index (κ1) is 23.0. The lowest BCUT2D eigenvalue weighted by molar-refractivity contribution is 0.0729. The van der Waals surface area contributed by atoms with Crippen molar-refractivity contribution >= 4 is 17.5 Å². The van der Waals surface area contributed by atoms with E-state index in [1.54, 1.807) is 23.9 Å². The third-order valence-corrected chi connectivity index (χ3v) is 6.42. The number of nitrogens with zero attached hydrogens (tertiary/aromatic N) is 3. The maximum atomic E-state index is 13.5. The van der Waals surface area contributed by atoms with Gasteiger partial charge in [0, 0.05) is 6.04 Å². The van der Waals surface area contributed by atoms with Crippen molar-refractivity contribution < 1.29 is 14.3 Å². The van der Waals surface area contributed by atoms with Crippen LogP contribution in [0.15, 0.2) is 78.9 Å². The van der Waals surface area contributed by atoms with Gasteiger partial charge in [0.05, 0.1) is 41.2 Å². The highest BCUT2D eigenvalue weighted by Gasteiger charge is 2.35. The van der Waals surface area contributed by atoms with Crippen LogP contribution in [0.2, 0.25) is 5.02 Å². The van der Waals surface area contributed by atoms with E-state index >= 15 is 0 Å². The Bertz CT molecular complexity index is 1330. The van der Waals surface area contributed by atoms with Crippen LogP contribution < -0.4 is 9.47 Å². The van der Waals surface area contributed by atoms with E-state index in [0.717, 1.165) is 35.5 Å². The Morgan fingerprint density at radius 3 is 2.31 bits per heavy atom. The summed E-state index contributed by atoms with van der Waals surface area (Å²) in [6, 6.07) is 24.6. The van der Waals surface area contributed by atoms with Gasteiger partial charge in [0.2, 0.25) is 5.88 Å². The third-order valence-electron chi connectivity index (χ3n) is 6.09. The number of halogens is 1. The Hall–Kier alpha value is -3.77. The molecule has 178 valence electrons. The van der Waals surface area contributed by atoms with Crippen LogP contribution in [0.5, 0.6) is 17.4 Å². The molecule has 0 N–H and O–H groups in total. The number of aryl methyl sites for hydroxylation is 1. The van der Waals surface area contributed by atoms with Gasteiger partial charge in [-0.15, -0.1) is 0 Å². The molecule has 1 fully saturated rings. The van der Waals surface area contributed by atoms with E-state index in [2.05, 4.69) is 0 Å². The van der Waals surface area contributed by atoms with Crippen LogP contribution in [-0.2, 0) is 6.54 Å². The molecule has 1 aromatic heterocycles. The lowest BCUT2D eigenvalue weighted by Crippen LogP contribution is -2.33. The average molecular weight is 488 g/mol. The molecule has 1 amide bonds. The first-order valence-corrected chi connectivity index (χ1v) is 11.9. The highest BCUT2D eigenvalue weighted by Crippen LogP contribution is 2.36. The van der Waals surface area contributed by atoms with Gasteiger partial charge in [-0.05, 0) is 68.3 Å². The number of rotatable bonds is 8. The molecule has 0 spiro atoms. The molecule has 0 atom stereocenters. The summed E-state index contributed by atoms with van der Waals surface area (Å²) in [5.74, 6) is 1.90. The normalized spacial score (nSPS) is 12.9. The van der Waals surface area contributed by atoms with Gasteiger partial charge in [-0.1, -0.05) is 41.9 Å². The standard InChI is InChI=1S/C28H26ClN3O3/c1-19-25(18-31(20-12-13-20)27(33)24-10-6-7-11-26(24)29)28(32(30-19)21-8-4-3-5-9-21)35-23-16-14-22(34-2)15-17-23/h3-11,14-17,20H,12-13,18H2,1-2H3. The van der Waals surface area contributed by atoms with Crippen LogP contribution in [-0.4, -0.2) is 33.7 Å². The Morgan fingerprint density at radius 2 is 1.66 bits per heavy atom. The average Bonchev–Trinajstić information content (AvgIpc) is 3.68. The van der Waals surface area contributed by atoms with Crippen LogP contribution in [0.1, 0.15) is 34.5 Å². The number of benzene rings is 3. The maximum absolute atomic E-state index is 13.5. The zero-order valence-electron chi connectivity index (χ0n) is 19.6. The summed E-state index contributed by atoms with van der Waals surface area (Å²) in [5.41, 5.74) is 3.04. The summed E-state index contributed by atoms with van der Waals surface area (Å²) < 4.78 is 13.5. The quantitative estimate of drug-likeness (QED) is 0.287. The number of carbonyl (C=O) groups excluding carboxylic acids is 1. The minimum Gasteiger partial charge on any atom is -0.497 e. The van der Waals surface area contributed by atoms with Crippen molar-refractivity contribution in [1.82, 2.24) is 14.7 Å². The van der Waals surface area contributed by atoms with E-state index in [4.69, 9.17) is 26.2 Å². The third kappa shape index (κ3) is 4.88. The largest absolute Gasteiger partial charge is 0.497 e. The van der Waals surface area contributed by atoms with Crippen molar-refractivity contribution in [2.75, 3.05) is 7.11 Å². The molecule has 3 aromatic carbocycles. The van der Waals surface area contributed by atoms with E-state index in [1.165, 1.54) is 0 Å².